The van der Waals surface area contributed by atoms with E-state index in [1.807, 2.05) is 13.8 Å². The predicted molar refractivity (Wildman–Crippen MR) is 98.2 cm³/mol. The second kappa shape index (κ2) is 8.29. The first-order valence-corrected chi connectivity index (χ1v) is 9.63. The summed E-state index contributed by atoms with van der Waals surface area (Å²) in [6, 6.07) is 5.22. The highest BCUT2D eigenvalue weighted by atomic mass is 19.4. The fourth-order valence-corrected chi connectivity index (χ4v) is 4.06. The number of benzene rings is 1. The number of halogens is 3. The molecule has 28 heavy (non-hydrogen) atoms. The first-order valence-electron chi connectivity index (χ1n) is 9.63. The third-order valence-corrected chi connectivity index (χ3v) is 5.54. The van der Waals surface area contributed by atoms with Gasteiger partial charge in [-0.3, -0.25) is 0 Å². The molecular formula is C20H27F3N2O3. The Morgan fingerprint density at radius 3 is 2.46 bits per heavy atom. The third-order valence-electron chi connectivity index (χ3n) is 5.54. The van der Waals surface area contributed by atoms with Crippen LogP contribution in [0.2, 0.25) is 0 Å². The highest BCUT2D eigenvalue weighted by molar-refractivity contribution is 5.74. The average molecular weight is 400 g/mol. The minimum absolute atomic E-state index is 0.0463. The van der Waals surface area contributed by atoms with Crippen molar-refractivity contribution in [1.29, 1.82) is 0 Å². The molecule has 1 aromatic carbocycles. The Balaban J connectivity index is 1.76. The largest absolute Gasteiger partial charge is 0.416 e. The number of hydrogen-bond donors (Lipinski definition) is 1. The van der Waals surface area contributed by atoms with Gasteiger partial charge in [-0.05, 0) is 38.3 Å². The molecule has 0 saturated carbocycles. The molecule has 0 unspecified atom stereocenters. The molecule has 0 bridgehead atoms. The molecule has 0 spiro atoms. The maximum absolute atomic E-state index is 13.2. The van der Waals surface area contributed by atoms with E-state index in [-0.39, 0.29) is 24.8 Å². The number of nitrogens with zero attached hydrogens (tertiary/aromatic N) is 1. The fraction of sp³-hybridized carbons (Fsp3) is 0.650. The summed E-state index contributed by atoms with van der Waals surface area (Å²) in [5.41, 5.74) is -0.647. The Morgan fingerprint density at radius 1 is 1.21 bits per heavy atom. The summed E-state index contributed by atoms with van der Waals surface area (Å²) in [4.78, 5) is 14.4. The predicted octanol–water partition coefficient (Wildman–Crippen LogP) is 3.57. The number of alkyl halides is 3. The van der Waals surface area contributed by atoms with E-state index in [4.69, 9.17) is 9.47 Å². The number of carbonyl (C=O) groups is 1. The van der Waals surface area contributed by atoms with Crippen LogP contribution in [0, 0.1) is 0 Å². The van der Waals surface area contributed by atoms with Crippen LogP contribution in [0.1, 0.15) is 37.8 Å². The van der Waals surface area contributed by atoms with Gasteiger partial charge in [-0.15, -0.1) is 0 Å². The number of nitrogens with one attached hydrogen (secondary N) is 1. The van der Waals surface area contributed by atoms with E-state index in [1.54, 1.807) is 11.0 Å². The van der Waals surface area contributed by atoms with Crippen molar-refractivity contribution in [3.63, 3.8) is 0 Å². The lowest BCUT2D eigenvalue weighted by Crippen LogP contribution is -2.54. The molecule has 1 N–H and O–H groups in total. The van der Waals surface area contributed by atoms with Crippen molar-refractivity contribution in [2.45, 2.75) is 50.5 Å². The molecule has 8 heteroatoms. The molecule has 2 amide bonds. The van der Waals surface area contributed by atoms with Gasteiger partial charge in [0.1, 0.15) is 0 Å². The molecule has 156 valence electrons. The summed E-state index contributed by atoms with van der Waals surface area (Å²) in [5.74, 6) is 0. The van der Waals surface area contributed by atoms with Gasteiger partial charge in [0.25, 0.3) is 0 Å². The standard InChI is InChI=1S/C20H27F3N2O3/c1-14-11-25(12-15(2)28-14)18(26)24-13-19(6-8-27-9-7-19)16-4-3-5-17(10-16)20(21,22)23/h3-5,10,14-15H,6-9,11-13H2,1-2H3,(H,24,26)/t14-,15-/m0/s1. The lowest BCUT2D eigenvalue weighted by molar-refractivity contribution is -0.137. The molecule has 2 fully saturated rings. The van der Waals surface area contributed by atoms with Gasteiger partial charge in [0, 0.05) is 38.3 Å². The first-order chi connectivity index (χ1) is 13.2. The maximum atomic E-state index is 13.2. The minimum atomic E-state index is -4.40. The summed E-state index contributed by atoms with van der Waals surface area (Å²) in [7, 11) is 0. The van der Waals surface area contributed by atoms with Crippen LogP contribution in [0.5, 0.6) is 0 Å². The van der Waals surface area contributed by atoms with Crippen LogP contribution < -0.4 is 5.32 Å². The average Bonchev–Trinajstić information content (AvgIpc) is 2.65. The van der Waals surface area contributed by atoms with Crippen molar-refractivity contribution in [3.05, 3.63) is 35.4 Å². The zero-order chi connectivity index (χ0) is 20.4. The monoisotopic (exact) mass is 400 g/mol. The second-order valence-electron chi connectivity index (χ2n) is 7.79. The summed E-state index contributed by atoms with van der Waals surface area (Å²) >= 11 is 0. The van der Waals surface area contributed by atoms with Crippen molar-refractivity contribution in [2.75, 3.05) is 32.8 Å². The van der Waals surface area contributed by atoms with Crippen LogP contribution in [-0.2, 0) is 21.1 Å². The highest BCUT2D eigenvalue weighted by Gasteiger charge is 2.38. The Hall–Kier alpha value is -1.80. The Morgan fingerprint density at radius 2 is 1.86 bits per heavy atom. The fourth-order valence-electron chi connectivity index (χ4n) is 4.06. The van der Waals surface area contributed by atoms with Gasteiger partial charge >= 0.3 is 12.2 Å². The van der Waals surface area contributed by atoms with Crippen LogP contribution in [-0.4, -0.2) is 56.0 Å². The van der Waals surface area contributed by atoms with Gasteiger partial charge in [0.15, 0.2) is 0 Å². The van der Waals surface area contributed by atoms with Crippen molar-refractivity contribution in [1.82, 2.24) is 10.2 Å². The quantitative estimate of drug-likeness (QED) is 0.844. The van der Waals surface area contributed by atoms with E-state index in [2.05, 4.69) is 5.32 Å². The number of carbonyl (C=O) groups excluding carboxylic acids is 1. The zero-order valence-corrected chi connectivity index (χ0v) is 16.2. The molecule has 5 nitrogen and oxygen atoms in total. The maximum Gasteiger partial charge on any atom is 0.416 e. The molecule has 2 aliphatic heterocycles. The molecule has 2 aliphatic rings. The lowest BCUT2D eigenvalue weighted by atomic mass is 9.73. The third kappa shape index (κ3) is 4.78. The van der Waals surface area contributed by atoms with Crippen molar-refractivity contribution >= 4 is 6.03 Å². The minimum Gasteiger partial charge on any atom is -0.381 e. The van der Waals surface area contributed by atoms with E-state index in [1.165, 1.54) is 12.1 Å². The molecule has 1 aromatic rings. The number of morpholine rings is 1. The smallest absolute Gasteiger partial charge is 0.381 e. The van der Waals surface area contributed by atoms with Crippen LogP contribution >= 0.6 is 0 Å². The Bertz CT molecular complexity index is 680. The van der Waals surface area contributed by atoms with Crippen molar-refractivity contribution in [3.8, 4) is 0 Å². The second-order valence-corrected chi connectivity index (χ2v) is 7.79. The van der Waals surface area contributed by atoms with Gasteiger partial charge < -0.3 is 19.7 Å². The molecule has 0 aromatic heterocycles. The van der Waals surface area contributed by atoms with Crippen molar-refractivity contribution < 1.29 is 27.4 Å². The van der Waals surface area contributed by atoms with Gasteiger partial charge in [-0.1, -0.05) is 18.2 Å². The SMILES string of the molecule is C[C@H]1CN(C(=O)NCC2(c3cccc(C(F)(F)F)c3)CCOCC2)C[C@H](C)O1. The van der Waals surface area contributed by atoms with Gasteiger partial charge in [0.2, 0.25) is 0 Å². The molecule has 2 atom stereocenters. The van der Waals surface area contributed by atoms with E-state index < -0.39 is 17.2 Å². The van der Waals surface area contributed by atoms with E-state index >= 15 is 0 Å². The molecule has 0 radical (unpaired) electrons. The summed E-state index contributed by atoms with van der Waals surface area (Å²) < 4.78 is 50.6. The molecule has 0 aliphatic carbocycles. The summed E-state index contributed by atoms with van der Waals surface area (Å²) in [6.07, 6.45) is -3.37. The molecule has 2 heterocycles. The van der Waals surface area contributed by atoms with Crippen molar-refractivity contribution in [2.24, 2.45) is 0 Å². The number of urea groups is 1. The van der Waals surface area contributed by atoms with Gasteiger partial charge in [0.05, 0.1) is 17.8 Å². The van der Waals surface area contributed by atoms with Gasteiger partial charge in [-0.2, -0.15) is 13.2 Å². The highest BCUT2D eigenvalue weighted by Crippen LogP contribution is 2.37. The zero-order valence-electron chi connectivity index (χ0n) is 16.2. The van der Waals surface area contributed by atoms with Gasteiger partial charge in [-0.25, -0.2) is 4.79 Å². The summed E-state index contributed by atoms with van der Waals surface area (Å²) in [6.45, 7) is 6.01. The number of ether oxygens (including phenoxy) is 2. The number of amides is 2. The molecule has 3 rings (SSSR count). The summed E-state index contributed by atoms with van der Waals surface area (Å²) in [5, 5.41) is 2.96. The van der Waals surface area contributed by atoms with E-state index in [9.17, 15) is 18.0 Å². The van der Waals surface area contributed by atoms with E-state index in [0.29, 0.717) is 44.7 Å². The van der Waals surface area contributed by atoms with Crippen LogP contribution in [0.4, 0.5) is 18.0 Å². The molecule has 2 saturated heterocycles. The Labute approximate surface area is 163 Å². The van der Waals surface area contributed by atoms with Crippen LogP contribution in [0.3, 0.4) is 0 Å². The number of hydrogen-bond acceptors (Lipinski definition) is 3. The van der Waals surface area contributed by atoms with E-state index in [0.717, 1.165) is 6.07 Å². The Kier molecular flexibility index (Phi) is 6.19. The first kappa shape index (κ1) is 20.9. The topological polar surface area (TPSA) is 50.8 Å². The normalized spacial score (nSPS) is 25.4. The van der Waals surface area contributed by atoms with Crippen LogP contribution in [0.25, 0.3) is 0 Å². The lowest BCUT2D eigenvalue weighted by Gasteiger charge is -2.40. The van der Waals surface area contributed by atoms with Crippen LogP contribution in [0.15, 0.2) is 24.3 Å². The molecular weight excluding hydrogens is 373 g/mol. The number of rotatable bonds is 3.